The first kappa shape index (κ1) is 13.0. The Morgan fingerprint density at radius 1 is 1.41 bits per heavy atom. The number of carbonyl (C=O) groups excluding carboxylic acids is 1. The highest BCUT2D eigenvalue weighted by atomic mass is 32.2. The molecule has 1 amide bonds. The van der Waals surface area contributed by atoms with Crippen LogP contribution < -0.4 is 10.5 Å². The summed E-state index contributed by atoms with van der Waals surface area (Å²) in [5.41, 5.74) is 4.82. The molecule has 0 saturated heterocycles. The van der Waals surface area contributed by atoms with Crippen LogP contribution in [0, 0.1) is 0 Å². The number of methoxy groups -OCH3 is 1. The van der Waals surface area contributed by atoms with Crippen LogP contribution in [0.4, 0.5) is 0 Å². The Hall–Kier alpha value is -2.02. The third-order valence-electron chi connectivity index (χ3n) is 1.82. The summed E-state index contributed by atoms with van der Waals surface area (Å²) in [6, 6.07) is 5.60. The second-order valence-corrected chi connectivity index (χ2v) is 4.55. The number of benzene rings is 1. The maximum absolute atomic E-state index is 11.7. The van der Waals surface area contributed by atoms with Gasteiger partial charge in [0.25, 0.3) is 5.91 Å². The summed E-state index contributed by atoms with van der Waals surface area (Å²) >= 11 is 0. The molecule has 92 valence electrons. The van der Waals surface area contributed by atoms with E-state index in [4.69, 9.17) is 10.5 Å². The maximum Gasteiger partial charge on any atom is 0.339 e. The van der Waals surface area contributed by atoms with Gasteiger partial charge in [0.1, 0.15) is 10.6 Å². The lowest BCUT2D eigenvalue weighted by molar-refractivity contribution is -0.116. The minimum absolute atomic E-state index is 0.153. The van der Waals surface area contributed by atoms with Crippen LogP contribution in [0.3, 0.4) is 0 Å². The van der Waals surface area contributed by atoms with Crippen molar-refractivity contribution in [1.82, 2.24) is 0 Å². The van der Waals surface area contributed by atoms with E-state index in [-0.39, 0.29) is 4.90 Å². The highest BCUT2D eigenvalue weighted by Gasteiger charge is 2.19. The molecule has 2 N–H and O–H groups in total. The molecule has 0 unspecified atom stereocenters. The van der Waals surface area contributed by atoms with E-state index in [2.05, 4.69) is 10.8 Å². The molecule has 0 aliphatic carbocycles. The van der Waals surface area contributed by atoms with E-state index in [1.165, 1.54) is 25.3 Å². The summed E-state index contributed by atoms with van der Waals surface area (Å²) in [4.78, 5) is 10.5. The van der Waals surface area contributed by atoms with Crippen molar-refractivity contribution in [3.8, 4) is 5.75 Å². The number of rotatable bonds is 5. The molecule has 6 nitrogen and oxygen atoms in total. The maximum atomic E-state index is 11.7. The van der Waals surface area contributed by atoms with Gasteiger partial charge < -0.3 is 14.7 Å². The smallest absolute Gasteiger partial charge is 0.339 e. The Morgan fingerprint density at radius 2 is 2.06 bits per heavy atom. The molecule has 0 spiro atoms. The van der Waals surface area contributed by atoms with Crippen molar-refractivity contribution in [3.63, 3.8) is 0 Å². The molecule has 0 bridgehead atoms. The zero-order chi connectivity index (χ0) is 13.1. The van der Waals surface area contributed by atoms with Crippen LogP contribution in [0.5, 0.6) is 5.75 Å². The first-order valence-corrected chi connectivity index (χ1v) is 5.85. The number of ether oxygens (including phenoxy) is 1. The van der Waals surface area contributed by atoms with Crippen LogP contribution in [0.25, 0.3) is 0 Å². The number of hydrogen-bond donors (Lipinski definition) is 1. The summed E-state index contributed by atoms with van der Waals surface area (Å²) in [7, 11) is -2.72. The van der Waals surface area contributed by atoms with Gasteiger partial charge in [0, 0.05) is 6.07 Å². The number of primary amides is 1. The van der Waals surface area contributed by atoms with E-state index in [0.717, 1.165) is 0 Å². The fraction of sp³-hybridized carbons (Fsp3) is 0.100. The minimum atomic E-state index is -4.12. The molecule has 1 aromatic carbocycles. The van der Waals surface area contributed by atoms with Gasteiger partial charge in [-0.05, 0) is 18.7 Å². The highest BCUT2D eigenvalue weighted by Crippen LogP contribution is 2.20. The number of nitrogens with two attached hydrogens (primary N) is 1. The summed E-state index contributed by atoms with van der Waals surface area (Å²) in [6.45, 7) is 3.10. The van der Waals surface area contributed by atoms with Gasteiger partial charge in [0.15, 0.2) is 5.76 Å². The molecule has 17 heavy (non-hydrogen) atoms. The van der Waals surface area contributed by atoms with Crippen molar-refractivity contribution in [1.29, 1.82) is 0 Å². The van der Waals surface area contributed by atoms with Crippen LogP contribution in [0.15, 0.2) is 41.5 Å². The Bertz CT molecular complexity index is 550. The molecule has 0 aliphatic heterocycles. The van der Waals surface area contributed by atoms with Crippen LogP contribution in [0.2, 0.25) is 0 Å². The van der Waals surface area contributed by atoms with Gasteiger partial charge in [-0.25, -0.2) is 0 Å². The molecule has 1 aromatic rings. The zero-order valence-electron chi connectivity index (χ0n) is 9.04. The summed E-state index contributed by atoms with van der Waals surface area (Å²) in [6.07, 6.45) is 0. The Labute approximate surface area is 98.8 Å². The van der Waals surface area contributed by atoms with E-state index < -0.39 is 21.8 Å². The average Bonchev–Trinajstić information content (AvgIpc) is 2.28. The molecule has 0 fully saturated rings. The predicted molar refractivity (Wildman–Crippen MR) is 59.6 cm³/mol. The van der Waals surface area contributed by atoms with Gasteiger partial charge in [0.05, 0.1) is 7.11 Å². The summed E-state index contributed by atoms with van der Waals surface area (Å²) in [5, 5.41) is 0. The number of carbonyl (C=O) groups is 1. The molecule has 0 aromatic heterocycles. The quantitative estimate of drug-likeness (QED) is 0.468. The lowest BCUT2D eigenvalue weighted by Crippen LogP contribution is -2.18. The summed E-state index contributed by atoms with van der Waals surface area (Å²) < 4.78 is 32.6. The van der Waals surface area contributed by atoms with Crippen molar-refractivity contribution in [2.75, 3.05) is 7.11 Å². The Kier molecular flexibility index (Phi) is 3.74. The van der Waals surface area contributed by atoms with E-state index in [0.29, 0.717) is 5.75 Å². The van der Waals surface area contributed by atoms with Gasteiger partial charge in [-0.2, -0.15) is 8.42 Å². The fourth-order valence-electron chi connectivity index (χ4n) is 0.978. The standard InChI is InChI=1S/C10H11NO5S/c1-7(10(11)12)16-17(13,14)9-5-3-4-8(6-9)15-2/h3-6H,1H2,2H3,(H2,11,12). The first-order chi connectivity index (χ1) is 7.86. The molecule has 0 radical (unpaired) electrons. The zero-order valence-corrected chi connectivity index (χ0v) is 9.86. The van der Waals surface area contributed by atoms with E-state index in [1.807, 2.05) is 0 Å². The molecular weight excluding hydrogens is 246 g/mol. The third-order valence-corrected chi connectivity index (χ3v) is 3.07. The molecule has 0 atom stereocenters. The first-order valence-electron chi connectivity index (χ1n) is 4.44. The lowest BCUT2D eigenvalue weighted by atomic mass is 10.3. The van der Waals surface area contributed by atoms with Crippen LogP contribution >= 0.6 is 0 Å². The van der Waals surface area contributed by atoms with Crippen molar-refractivity contribution >= 4 is 16.0 Å². The predicted octanol–water partition coefficient (Wildman–Crippen LogP) is 0.400. The van der Waals surface area contributed by atoms with Gasteiger partial charge in [0.2, 0.25) is 0 Å². The van der Waals surface area contributed by atoms with Gasteiger partial charge >= 0.3 is 10.1 Å². The molecule has 0 aliphatic rings. The van der Waals surface area contributed by atoms with Crippen molar-refractivity contribution in [3.05, 3.63) is 36.6 Å². The molecule has 0 saturated carbocycles. The van der Waals surface area contributed by atoms with Gasteiger partial charge in [-0.3, -0.25) is 4.79 Å². The Balaban J connectivity index is 3.05. The monoisotopic (exact) mass is 257 g/mol. The van der Waals surface area contributed by atoms with Crippen molar-refractivity contribution in [2.24, 2.45) is 5.73 Å². The molecule has 1 rings (SSSR count). The SMILES string of the molecule is C=C(OS(=O)(=O)c1cccc(OC)c1)C(N)=O. The van der Waals surface area contributed by atoms with Gasteiger partial charge in [-0.15, -0.1) is 0 Å². The third kappa shape index (κ3) is 3.22. The van der Waals surface area contributed by atoms with Crippen molar-refractivity contribution < 1.29 is 22.1 Å². The second-order valence-electron chi connectivity index (χ2n) is 3.00. The molecule has 7 heteroatoms. The molecular formula is C10H11NO5S. The Morgan fingerprint density at radius 3 is 2.59 bits per heavy atom. The van der Waals surface area contributed by atoms with Crippen LogP contribution in [0.1, 0.15) is 0 Å². The lowest BCUT2D eigenvalue weighted by Gasteiger charge is -2.07. The highest BCUT2D eigenvalue weighted by molar-refractivity contribution is 7.86. The van der Waals surface area contributed by atoms with Crippen LogP contribution in [-0.4, -0.2) is 21.4 Å². The van der Waals surface area contributed by atoms with Crippen molar-refractivity contribution in [2.45, 2.75) is 4.90 Å². The van der Waals surface area contributed by atoms with E-state index in [1.54, 1.807) is 6.07 Å². The average molecular weight is 257 g/mol. The molecule has 0 heterocycles. The number of amides is 1. The fourth-order valence-corrected chi connectivity index (χ4v) is 1.93. The largest absolute Gasteiger partial charge is 0.497 e. The van der Waals surface area contributed by atoms with Crippen LogP contribution in [-0.2, 0) is 19.1 Å². The minimum Gasteiger partial charge on any atom is -0.497 e. The topological polar surface area (TPSA) is 95.7 Å². The van der Waals surface area contributed by atoms with Gasteiger partial charge in [-0.1, -0.05) is 6.07 Å². The second kappa shape index (κ2) is 4.88. The number of hydrogen-bond acceptors (Lipinski definition) is 5. The van der Waals surface area contributed by atoms with E-state index in [9.17, 15) is 13.2 Å². The van der Waals surface area contributed by atoms with E-state index >= 15 is 0 Å². The normalized spacial score (nSPS) is 10.6. The summed E-state index contributed by atoms with van der Waals surface area (Å²) in [5.74, 6) is -1.34.